The van der Waals surface area contributed by atoms with E-state index in [4.69, 9.17) is 4.74 Å². The summed E-state index contributed by atoms with van der Waals surface area (Å²) in [6, 6.07) is 4.53. The number of hydrogen-bond acceptors (Lipinski definition) is 3. The number of carbonyl (C=O) groups excluding carboxylic acids is 1. The third kappa shape index (κ3) is 4.06. The number of nitrogens with zero attached hydrogens (tertiary/aromatic N) is 2. The van der Waals surface area contributed by atoms with Crippen molar-refractivity contribution in [3.63, 3.8) is 0 Å². The first-order valence-electron chi connectivity index (χ1n) is 9.36. The standard InChI is InChI=1S/C21H30N2O2/c1-15-12-16(2)20(17(3)13-15)14-22-7-9-23(10-8-22)21(24)19-6-5-11-25-18(19)4/h12-13H,5-11,14H2,1-4H3. The molecule has 0 aromatic heterocycles. The van der Waals surface area contributed by atoms with Crippen LogP contribution in [0.1, 0.15) is 42.0 Å². The fraction of sp³-hybridized carbons (Fsp3) is 0.571. The topological polar surface area (TPSA) is 32.8 Å². The average molecular weight is 342 g/mol. The van der Waals surface area contributed by atoms with Gasteiger partial charge < -0.3 is 9.64 Å². The summed E-state index contributed by atoms with van der Waals surface area (Å²) in [5, 5.41) is 0. The number of amides is 1. The molecule has 136 valence electrons. The van der Waals surface area contributed by atoms with Gasteiger partial charge in [0.05, 0.1) is 12.2 Å². The minimum Gasteiger partial charge on any atom is -0.498 e. The molecular formula is C21H30N2O2. The molecule has 1 fully saturated rings. The van der Waals surface area contributed by atoms with Gasteiger partial charge in [0.1, 0.15) is 5.76 Å². The Balaban J connectivity index is 1.60. The van der Waals surface area contributed by atoms with E-state index in [-0.39, 0.29) is 5.91 Å². The van der Waals surface area contributed by atoms with Crippen LogP contribution in [-0.4, -0.2) is 48.5 Å². The van der Waals surface area contributed by atoms with Crippen LogP contribution in [-0.2, 0) is 16.1 Å². The van der Waals surface area contributed by atoms with Crippen LogP contribution in [0.3, 0.4) is 0 Å². The highest BCUT2D eigenvalue weighted by Crippen LogP contribution is 2.23. The summed E-state index contributed by atoms with van der Waals surface area (Å²) < 4.78 is 5.56. The van der Waals surface area contributed by atoms with Gasteiger partial charge in [0, 0.05) is 32.7 Å². The molecule has 3 rings (SSSR count). The quantitative estimate of drug-likeness (QED) is 0.844. The number of benzene rings is 1. The second-order valence-corrected chi connectivity index (χ2v) is 7.43. The van der Waals surface area contributed by atoms with Gasteiger partial charge in [-0.2, -0.15) is 0 Å². The highest BCUT2D eigenvalue weighted by molar-refractivity contribution is 5.94. The van der Waals surface area contributed by atoms with Crippen LogP contribution in [0.15, 0.2) is 23.5 Å². The van der Waals surface area contributed by atoms with E-state index in [0.717, 1.165) is 63.5 Å². The molecule has 0 radical (unpaired) electrons. The third-order valence-corrected chi connectivity index (χ3v) is 5.45. The Hall–Kier alpha value is -1.81. The summed E-state index contributed by atoms with van der Waals surface area (Å²) in [5.74, 6) is 1.00. The second kappa shape index (κ2) is 7.61. The van der Waals surface area contributed by atoms with Crippen LogP contribution in [0.5, 0.6) is 0 Å². The van der Waals surface area contributed by atoms with Crippen LogP contribution in [0, 0.1) is 20.8 Å². The molecule has 0 aliphatic carbocycles. The fourth-order valence-corrected chi connectivity index (χ4v) is 3.98. The van der Waals surface area contributed by atoms with Crippen molar-refractivity contribution in [3.8, 4) is 0 Å². The van der Waals surface area contributed by atoms with Gasteiger partial charge in [-0.15, -0.1) is 0 Å². The van der Waals surface area contributed by atoms with E-state index in [1.165, 1.54) is 22.3 Å². The predicted molar refractivity (Wildman–Crippen MR) is 100 cm³/mol. The number of carbonyl (C=O) groups is 1. The van der Waals surface area contributed by atoms with Gasteiger partial charge in [-0.1, -0.05) is 17.7 Å². The smallest absolute Gasteiger partial charge is 0.253 e. The minimum atomic E-state index is 0.180. The van der Waals surface area contributed by atoms with Crippen molar-refractivity contribution in [1.29, 1.82) is 0 Å². The molecule has 0 unspecified atom stereocenters. The fourth-order valence-electron chi connectivity index (χ4n) is 3.98. The van der Waals surface area contributed by atoms with Gasteiger partial charge in [0.2, 0.25) is 0 Å². The molecule has 0 N–H and O–H groups in total. The number of aryl methyl sites for hydroxylation is 3. The van der Waals surface area contributed by atoms with E-state index in [9.17, 15) is 4.79 Å². The third-order valence-electron chi connectivity index (χ3n) is 5.45. The Morgan fingerprint density at radius 2 is 1.68 bits per heavy atom. The Morgan fingerprint density at radius 1 is 1.04 bits per heavy atom. The summed E-state index contributed by atoms with van der Waals surface area (Å²) in [4.78, 5) is 17.2. The zero-order valence-electron chi connectivity index (χ0n) is 16.0. The van der Waals surface area contributed by atoms with Crippen LogP contribution in [0.2, 0.25) is 0 Å². The normalized spacial score (nSPS) is 19.1. The van der Waals surface area contributed by atoms with Crippen molar-refractivity contribution in [2.24, 2.45) is 0 Å². The SMILES string of the molecule is CC1=C(C(=O)N2CCN(Cc3c(C)cc(C)cc3C)CC2)CCCO1. The molecule has 0 atom stereocenters. The molecule has 1 aromatic carbocycles. The lowest BCUT2D eigenvalue weighted by molar-refractivity contribution is -0.129. The molecule has 1 saturated heterocycles. The molecule has 2 heterocycles. The van der Waals surface area contributed by atoms with Crippen molar-refractivity contribution in [2.45, 2.75) is 47.1 Å². The lowest BCUT2D eigenvalue weighted by Gasteiger charge is -2.36. The zero-order valence-corrected chi connectivity index (χ0v) is 16.0. The van der Waals surface area contributed by atoms with E-state index in [1.54, 1.807) is 0 Å². The molecule has 4 heteroatoms. The van der Waals surface area contributed by atoms with Crippen molar-refractivity contribution < 1.29 is 9.53 Å². The molecule has 0 bridgehead atoms. The molecule has 4 nitrogen and oxygen atoms in total. The largest absolute Gasteiger partial charge is 0.498 e. The maximum Gasteiger partial charge on any atom is 0.253 e. The van der Waals surface area contributed by atoms with Crippen LogP contribution < -0.4 is 0 Å². The summed E-state index contributed by atoms with van der Waals surface area (Å²) in [6.07, 6.45) is 1.80. The maximum absolute atomic E-state index is 12.7. The molecule has 0 spiro atoms. The number of ether oxygens (including phenoxy) is 1. The van der Waals surface area contributed by atoms with Crippen molar-refractivity contribution in [2.75, 3.05) is 32.8 Å². The predicted octanol–water partition coefficient (Wildman–Crippen LogP) is 3.34. The van der Waals surface area contributed by atoms with Gasteiger partial charge in [0.25, 0.3) is 5.91 Å². The van der Waals surface area contributed by atoms with Gasteiger partial charge in [-0.05, 0) is 57.2 Å². The Bertz CT molecular complexity index is 662. The Morgan fingerprint density at radius 3 is 2.28 bits per heavy atom. The number of rotatable bonds is 3. The van der Waals surface area contributed by atoms with Crippen LogP contribution >= 0.6 is 0 Å². The number of hydrogen-bond donors (Lipinski definition) is 0. The molecule has 2 aliphatic rings. The lowest BCUT2D eigenvalue weighted by atomic mass is 9.99. The number of allylic oxidation sites excluding steroid dienone is 1. The molecular weight excluding hydrogens is 312 g/mol. The highest BCUT2D eigenvalue weighted by atomic mass is 16.5. The van der Waals surface area contributed by atoms with Gasteiger partial charge in [0.15, 0.2) is 0 Å². The van der Waals surface area contributed by atoms with Gasteiger partial charge >= 0.3 is 0 Å². The van der Waals surface area contributed by atoms with Crippen molar-refractivity contribution >= 4 is 5.91 Å². The minimum absolute atomic E-state index is 0.180. The van der Waals surface area contributed by atoms with E-state index in [1.807, 2.05) is 11.8 Å². The summed E-state index contributed by atoms with van der Waals surface area (Å²) in [6.45, 7) is 13.7. The monoisotopic (exact) mass is 342 g/mol. The Labute approximate surface area is 151 Å². The first-order valence-corrected chi connectivity index (χ1v) is 9.36. The molecule has 0 saturated carbocycles. The average Bonchev–Trinajstić information content (AvgIpc) is 2.58. The van der Waals surface area contributed by atoms with Gasteiger partial charge in [-0.3, -0.25) is 9.69 Å². The Kier molecular flexibility index (Phi) is 5.48. The molecule has 25 heavy (non-hydrogen) atoms. The second-order valence-electron chi connectivity index (χ2n) is 7.43. The van der Waals surface area contributed by atoms with E-state index < -0.39 is 0 Å². The van der Waals surface area contributed by atoms with E-state index in [2.05, 4.69) is 37.8 Å². The number of piperazine rings is 1. The summed E-state index contributed by atoms with van der Waals surface area (Å²) >= 11 is 0. The molecule has 1 amide bonds. The first-order chi connectivity index (χ1) is 12.0. The van der Waals surface area contributed by atoms with Gasteiger partial charge in [-0.25, -0.2) is 0 Å². The lowest BCUT2D eigenvalue weighted by Crippen LogP contribution is -2.49. The van der Waals surface area contributed by atoms with E-state index >= 15 is 0 Å². The van der Waals surface area contributed by atoms with Crippen LogP contribution in [0.25, 0.3) is 0 Å². The first kappa shape index (κ1) is 18.0. The van der Waals surface area contributed by atoms with E-state index in [0.29, 0.717) is 0 Å². The highest BCUT2D eigenvalue weighted by Gasteiger charge is 2.26. The summed E-state index contributed by atoms with van der Waals surface area (Å²) in [5.41, 5.74) is 6.38. The maximum atomic E-state index is 12.7. The summed E-state index contributed by atoms with van der Waals surface area (Å²) in [7, 11) is 0. The van der Waals surface area contributed by atoms with Crippen LogP contribution in [0.4, 0.5) is 0 Å². The van der Waals surface area contributed by atoms with Crippen molar-refractivity contribution in [1.82, 2.24) is 9.80 Å². The zero-order chi connectivity index (χ0) is 18.0. The van der Waals surface area contributed by atoms with Crippen molar-refractivity contribution in [3.05, 3.63) is 45.7 Å². The molecule has 2 aliphatic heterocycles. The molecule has 1 aromatic rings.